The van der Waals surface area contributed by atoms with E-state index in [1.54, 1.807) is 11.1 Å². The van der Waals surface area contributed by atoms with E-state index in [0.717, 1.165) is 22.3 Å². The number of rotatable bonds is 0. The highest BCUT2D eigenvalue weighted by molar-refractivity contribution is 8.01. The highest BCUT2D eigenvalue weighted by atomic mass is 32.2. The molecule has 4 unspecified atom stereocenters. The number of thioether (sulfide) groups is 1. The fourth-order valence-corrected chi connectivity index (χ4v) is 5.76. The van der Waals surface area contributed by atoms with Crippen molar-refractivity contribution in [3.05, 3.63) is 23.3 Å². The molecule has 4 aliphatic rings. The molecule has 0 radical (unpaired) electrons. The van der Waals surface area contributed by atoms with Crippen LogP contribution in [-0.4, -0.2) is 10.5 Å². The molecule has 2 heterocycles. The SMILES string of the molecule is C/C=C1\C2CC3CC1SC(C2)/C3=C/C. The number of hydrogen-bond acceptors (Lipinski definition) is 1. The van der Waals surface area contributed by atoms with Crippen molar-refractivity contribution in [2.45, 2.75) is 43.6 Å². The summed E-state index contributed by atoms with van der Waals surface area (Å²) in [6.07, 6.45) is 9.10. The maximum Gasteiger partial charge on any atom is 0.0270 e. The molecule has 0 nitrogen and oxygen atoms in total. The second-order valence-electron chi connectivity index (χ2n) is 4.79. The summed E-state index contributed by atoms with van der Waals surface area (Å²) in [5.41, 5.74) is 3.55. The predicted molar refractivity (Wildman–Crippen MR) is 63.5 cm³/mol. The van der Waals surface area contributed by atoms with E-state index < -0.39 is 0 Å². The highest BCUT2D eigenvalue weighted by Crippen LogP contribution is 2.58. The molecule has 2 aliphatic heterocycles. The van der Waals surface area contributed by atoms with Gasteiger partial charge >= 0.3 is 0 Å². The lowest BCUT2D eigenvalue weighted by Crippen LogP contribution is -2.43. The summed E-state index contributed by atoms with van der Waals surface area (Å²) in [4.78, 5) is 0. The van der Waals surface area contributed by atoms with E-state index in [-0.39, 0.29) is 0 Å². The lowest BCUT2D eigenvalue weighted by Gasteiger charge is -2.52. The molecule has 0 spiro atoms. The average Bonchev–Trinajstić information content (AvgIpc) is 2.17. The van der Waals surface area contributed by atoms with Crippen molar-refractivity contribution in [2.75, 3.05) is 0 Å². The van der Waals surface area contributed by atoms with Crippen molar-refractivity contribution in [3.8, 4) is 0 Å². The van der Waals surface area contributed by atoms with Gasteiger partial charge in [0.2, 0.25) is 0 Å². The Morgan fingerprint density at radius 2 is 1.43 bits per heavy atom. The highest BCUT2D eigenvalue weighted by Gasteiger charge is 2.47. The van der Waals surface area contributed by atoms with Crippen molar-refractivity contribution < 1.29 is 0 Å². The Balaban J connectivity index is 1.97. The standard InChI is InChI=1S/C13H18S/c1-3-10-8-5-9-7-12(10)14-13(6-8)11(9)4-2/h3-4,8-9,12-13H,5-7H2,1-2H3/b10-3+,11-4+. The summed E-state index contributed by atoms with van der Waals surface area (Å²) in [6.45, 7) is 4.46. The van der Waals surface area contributed by atoms with Gasteiger partial charge in [0.15, 0.2) is 0 Å². The maximum atomic E-state index is 2.40. The zero-order valence-electron chi connectivity index (χ0n) is 8.99. The van der Waals surface area contributed by atoms with Crippen molar-refractivity contribution in [1.29, 1.82) is 0 Å². The Morgan fingerprint density at radius 1 is 0.929 bits per heavy atom. The predicted octanol–water partition coefficient (Wildman–Crippen LogP) is 3.79. The van der Waals surface area contributed by atoms with Gasteiger partial charge in [0.25, 0.3) is 0 Å². The van der Waals surface area contributed by atoms with E-state index in [2.05, 4.69) is 37.8 Å². The molecule has 4 rings (SSSR count). The van der Waals surface area contributed by atoms with E-state index in [1.807, 2.05) is 0 Å². The van der Waals surface area contributed by atoms with Gasteiger partial charge in [-0.05, 0) is 44.9 Å². The second-order valence-corrected chi connectivity index (χ2v) is 6.20. The van der Waals surface area contributed by atoms with Crippen molar-refractivity contribution in [2.24, 2.45) is 11.8 Å². The minimum atomic E-state index is 0.881. The quantitative estimate of drug-likeness (QED) is 0.543. The van der Waals surface area contributed by atoms with Gasteiger partial charge < -0.3 is 0 Å². The fourth-order valence-electron chi connectivity index (χ4n) is 3.70. The first-order valence-corrected chi connectivity index (χ1v) is 6.75. The molecular weight excluding hydrogens is 188 g/mol. The Morgan fingerprint density at radius 3 is 1.79 bits per heavy atom. The van der Waals surface area contributed by atoms with E-state index in [1.165, 1.54) is 19.3 Å². The summed E-state index contributed by atoms with van der Waals surface area (Å²) >= 11 is 2.24. The molecule has 4 atom stereocenters. The maximum absolute atomic E-state index is 2.40. The van der Waals surface area contributed by atoms with Crippen LogP contribution >= 0.6 is 11.8 Å². The molecule has 1 heteroatoms. The van der Waals surface area contributed by atoms with Crippen LogP contribution in [0.1, 0.15) is 33.1 Å². The molecule has 0 N–H and O–H groups in total. The molecule has 4 fully saturated rings. The zero-order valence-corrected chi connectivity index (χ0v) is 9.81. The van der Waals surface area contributed by atoms with Gasteiger partial charge in [0.05, 0.1) is 0 Å². The third-order valence-electron chi connectivity index (χ3n) is 4.25. The molecular formula is C13H18S. The molecule has 2 saturated carbocycles. The van der Waals surface area contributed by atoms with Crippen molar-refractivity contribution in [1.82, 2.24) is 0 Å². The molecule has 14 heavy (non-hydrogen) atoms. The van der Waals surface area contributed by atoms with Crippen LogP contribution in [0.5, 0.6) is 0 Å². The lowest BCUT2D eigenvalue weighted by atomic mass is 9.66. The molecule has 2 saturated heterocycles. The van der Waals surface area contributed by atoms with Gasteiger partial charge in [-0.1, -0.05) is 23.3 Å². The Kier molecular flexibility index (Phi) is 2.05. The normalized spacial score (nSPS) is 50.7. The van der Waals surface area contributed by atoms with Crippen LogP contribution in [0.3, 0.4) is 0 Å². The minimum Gasteiger partial charge on any atom is -0.146 e. The summed E-state index contributed by atoms with van der Waals surface area (Å²) < 4.78 is 0. The van der Waals surface area contributed by atoms with Gasteiger partial charge in [-0.15, -0.1) is 11.8 Å². The van der Waals surface area contributed by atoms with Crippen LogP contribution in [0.4, 0.5) is 0 Å². The van der Waals surface area contributed by atoms with Gasteiger partial charge in [0, 0.05) is 10.5 Å². The van der Waals surface area contributed by atoms with E-state index in [0.29, 0.717) is 0 Å². The first-order valence-electron chi connectivity index (χ1n) is 5.81. The monoisotopic (exact) mass is 206 g/mol. The van der Waals surface area contributed by atoms with Crippen molar-refractivity contribution >= 4 is 11.8 Å². The van der Waals surface area contributed by atoms with E-state index in [9.17, 15) is 0 Å². The molecule has 0 aromatic carbocycles. The third kappa shape index (κ3) is 1.08. The van der Waals surface area contributed by atoms with Crippen LogP contribution in [0, 0.1) is 11.8 Å². The molecule has 0 aromatic heterocycles. The summed E-state index contributed by atoms with van der Waals surface area (Å²) in [7, 11) is 0. The smallest absolute Gasteiger partial charge is 0.0270 e. The zero-order chi connectivity index (χ0) is 9.71. The first-order chi connectivity index (χ1) is 6.83. The largest absolute Gasteiger partial charge is 0.146 e. The first kappa shape index (κ1) is 9.08. The molecule has 0 amide bonds. The Hall–Kier alpha value is -0.170. The Bertz CT molecular complexity index is 249. The van der Waals surface area contributed by atoms with Gasteiger partial charge in [0.1, 0.15) is 0 Å². The summed E-state index contributed by atoms with van der Waals surface area (Å²) in [6, 6.07) is 0. The van der Waals surface area contributed by atoms with Gasteiger partial charge in [-0.25, -0.2) is 0 Å². The van der Waals surface area contributed by atoms with E-state index in [4.69, 9.17) is 0 Å². The van der Waals surface area contributed by atoms with Crippen LogP contribution in [-0.2, 0) is 0 Å². The van der Waals surface area contributed by atoms with E-state index >= 15 is 0 Å². The average molecular weight is 206 g/mol. The third-order valence-corrected chi connectivity index (χ3v) is 5.83. The molecule has 2 aliphatic carbocycles. The fraction of sp³-hybridized carbons (Fsp3) is 0.692. The number of allylic oxidation sites excluding steroid dienone is 2. The van der Waals surface area contributed by atoms with Gasteiger partial charge in [-0.2, -0.15) is 0 Å². The second kappa shape index (κ2) is 3.16. The molecule has 4 bridgehead atoms. The van der Waals surface area contributed by atoms with Gasteiger partial charge in [-0.3, -0.25) is 0 Å². The molecule has 0 aromatic rings. The Labute approximate surface area is 90.8 Å². The number of hydrogen-bond donors (Lipinski definition) is 0. The van der Waals surface area contributed by atoms with Crippen LogP contribution in [0.2, 0.25) is 0 Å². The van der Waals surface area contributed by atoms with Crippen molar-refractivity contribution in [3.63, 3.8) is 0 Å². The lowest BCUT2D eigenvalue weighted by molar-refractivity contribution is 0.299. The summed E-state index contributed by atoms with van der Waals surface area (Å²) in [5.74, 6) is 1.89. The molecule has 76 valence electrons. The van der Waals surface area contributed by atoms with Crippen LogP contribution < -0.4 is 0 Å². The minimum absolute atomic E-state index is 0.881. The van der Waals surface area contributed by atoms with Crippen LogP contribution in [0.15, 0.2) is 23.3 Å². The summed E-state index contributed by atoms with van der Waals surface area (Å²) in [5, 5.41) is 1.76. The van der Waals surface area contributed by atoms with Crippen LogP contribution in [0.25, 0.3) is 0 Å². The topological polar surface area (TPSA) is 0 Å².